The molecule has 0 bridgehead atoms. The largest absolute Gasteiger partial charge is 0.310 e. The fraction of sp³-hybridized carbons (Fsp3) is 0.111. The van der Waals surface area contributed by atoms with Crippen molar-refractivity contribution in [1.82, 2.24) is 0 Å². The van der Waals surface area contributed by atoms with Crippen molar-refractivity contribution >= 4 is 34.1 Å². The molecule has 1 atom stereocenters. The minimum Gasteiger partial charge on any atom is -0.310 e. The molecule has 11 rings (SSSR count). The van der Waals surface area contributed by atoms with E-state index in [2.05, 4.69) is 266 Å². The molecule has 2 nitrogen and oxygen atoms in total. The van der Waals surface area contributed by atoms with Crippen LogP contribution in [0.25, 0.3) is 33.4 Å². The van der Waals surface area contributed by atoms with Gasteiger partial charge in [0.1, 0.15) is 0 Å². The van der Waals surface area contributed by atoms with Crippen molar-refractivity contribution in [3.63, 3.8) is 0 Å². The Balaban J connectivity index is 0.964. The lowest BCUT2D eigenvalue weighted by Gasteiger charge is -2.37. The van der Waals surface area contributed by atoms with Crippen LogP contribution in [0.15, 0.2) is 243 Å². The van der Waals surface area contributed by atoms with E-state index in [1.54, 1.807) is 0 Å². The van der Waals surface area contributed by atoms with E-state index in [1.165, 1.54) is 55.6 Å². The first-order chi connectivity index (χ1) is 32.0. The lowest BCUT2D eigenvalue weighted by molar-refractivity contribution is 0.465. The fourth-order valence-corrected chi connectivity index (χ4v) is 10.7. The van der Waals surface area contributed by atoms with Crippen molar-refractivity contribution < 1.29 is 0 Å². The smallest absolute Gasteiger partial charge is 0.0540 e. The van der Waals surface area contributed by atoms with Crippen LogP contribution in [0.2, 0.25) is 0 Å². The van der Waals surface area contributed by atoms with Crippen molar-refractivity contribution in [2.24, 2.45) is 0 Å². The highest BCUT2D eigenvalue weighted by Crippen LogP contribution is 2.54. The van der Waals surface area contributed by atoms with Crippen molar-refractivity contribution in [2.45, 2.75) is 43.9 Å². The molecule has 2 aliphatic rings. The molecule has 2 heteroatoms. The fourth-order valence-electron chi connectivity index (χ4n) is 10.7. The quantitative estimate of drug-likeness (QED) is 0.127. The third-order valence-corrected chi connectivity index (χ3v) is 14.0. The molecule has 0 heterocycles. The monoisotopic (exact) mass is 836 g/mol. The maximum absolute atomic E-state index is 2.44. The zero-order valence-corrected chi connectivity index (χ0v) is 37.1. The van der Waals surface area contributed by atoms with Crippen molar-refractivity contribution in [3.05, 3.63) is 265 Å². The molecular formula is C63H52N2. The Bertz CT molecular complexity index is 3120. The molecule has 0 fully saturated rings. The van der Waals surface area contributed by atoms with E-state index >= 15 is 0 Å². The Morgan fingerprint density at radius 2 is 0.862 bits per heavy atom. The van der Waals surface area contributed by atoms with E-state index in [-0.39, 0.29) is 10.8 Å². The molecule has 9 aromatic rings. The Hall–Kier alpha value is -7.68. The average Bonchev–Trinajstić information content (AvgIpc) is 3.61. The molecule has 314 valence electrons. The van der Waals surface area contributed by atoms with Gasteiger partial charge in [-0.1, -0.05) is 190 Å². The zero-order valence-electron chi connectivity index (χ0n) is 37.1. The van der Waals surface area contributed by atoms with Gasteiger partial charge in [-0.15, -0.1) is 0 Å². The minimum atomic E-state index is -0.155. The first kappa shape index (κ1) is 40.1. The van der Waals surface area contributed by atoms with Gasteiger partial charge in [-0.2, -0.15) is 0 Å². The maximum atomic E-state index is 2.44. The summed E-state index contributed by atoms with van der Waals surface area (Å²) in [5.41, 5.74) is 19.6. The number of nitrogens with zero attached hydrogens (tertiary/aromatic N) is 2. The van der Waals surface area contributed by atoms with E-state index in [9.17, 15) is 0 Å². The molecule has 0 N–H and O–H groups in total. The first-order valence-corrected chi connectivity index (χ1v) is 23.0. The normalized spacial score (nSPS) is 15.8. The summed E-state index contributed by atoms with van der Waals surface area (Å²) in [4.78, 5) is 4.82. The highest BCUT2D eigenvalue weighted by molar-refractivity contribution is 5.94. The number of hydrogen-bond acceptors (Lipinski definition) is 2. The van der Waals surface area contributed by atoms with Gasteiger partial charge in [-0.05, 0) is 136 Å². The van der Waals surface area contributed by atoms with Gasteiger partial charge >= 0.3 is 0 Å². The van der Waals surface area contributed by atoms with Gasteiger partial charge < -0.3 is 9.80 Å². The molecule has 0 amide bonds. The summed E-state index contributed by atoms with van der Waals surface area (Å²) in [6.07, 6.45) is 7.79. The molecule has 0 radical (unpaired) electrons. The molecule has 2 aliphatic carbocycles. The Morgan fingerprint density at radius 3 is 1.46 bits per heavy atom. The number of hydrogen-bond donors (Lipinski definition) is 0. The predicted octanol–water partition coefficient (Wildman–Crippen LogP) is 17.3. The predicted molar refractivity (Wildman–Crippen MR) is 274 cm³/mol. The highest BCUT2D eigenvalue weighted by Gasteiger charge is 2.38. The van der Waals surface area contributed by atoms with Crippen molar-refractivity contribution in [1.29, 1.82) is 0 Å². The van der Waals surface area contributed by atoms with Crippen LogP contribution in [-0.2, 0) is 10.8 Å². The van der Waals surface area contributed by atoms with Gasteiger partial charge in [-0.25, -0.2) is 0 Å². The molecule has 9 aromatic carbocycles. The molecule has 0 aromatic heterocycles. The van der Waals surface area contributed by atoms with E-state index in [4.69, 9.17) is 0 Å². The number of benzene rings is 9. The van der Waals surface area contributed by atoms with Crippen LogP contribution in [0, 0.1) is 0 Å². The molecule has 0 saturated carbocycles. The summed E-state index contributed by atoms with van der Waals surface area (Å²) in [5.74, 6) is 0. The second-order valence-electron chi connectivity index (χ2n) is 18.1. The third kappa shape index (κ3) is 7.16. The molecule has 65 heavy (non-hydrogen) atoms. The van der Waals surface area contributed by atoms with Crippen molar-refractivity contribution in [2.75, 3.05) is 9.80 Å². The minimum absolute atomic E-state index is 0.150. The Kier molecular flexibility index (Phi) is 10.4. The van der Waals surface area contributed by atoms with Crippen LogP contribution in [0.3, 0.4) is 0 Å². The summed E-state index contributed by atoms with van der Waals surface area (Å²) < 4.78 is 0. The topological polar surface area (TPSA) is 6.48 Å². The van der Waals surface area contributed by atoms with Crippen molar-refractivity contribution in [3.8, 4) is 33.4 Å². The second-order valence-corrected chi connectivity index (χ2v) is 18.1. The second kappa shape index (κ2) is 16.8. The molecule has 0 saturated heterocycles. The summed E-state index contributed by atoms with van der Waals surface area (Å²) in [5, 5.41) is 0. The number of rotatable bonds is 10. The standard InChI is InChI=1S/C63H52N2/c1-62(2)58-31-20-30-56(47-23-10-4-11-24-47)61(58)57-42-41-54(45-59(57)62)64(50-25-12-5-13-26-50)52-37-33-48(34-38-52)63(43-18-7-19-44-63)49-35-39-53(40-36-49)65(51-27-14-6-15-28-51)60-32-17-16-29-55(60)46-21-8-3-9-22-46/h3-18,20-42,45H,19,43-44H2,1-2H3. The third-order valence-electron chi connectivity index (χ3n) is 14.0. The molecule has 1 unspecified atom stereocenters. The number of fused-ring (bicyclic) bond motifs is 3. The van der Waals surface area contributed by atoms with E-state index in [1.807, 2.05) is 0 Å². The lowest BCUT2D eigenvalue weighted by atomic mass is 9.67. The summed E-state index contributed by atoms with van der Waals surface area (Å²) in [6, 6.07) is 84.7. The van der Waals surface area contributed by atoms with Crippen LogP contribution in [0.4, 0.5) is 34.1 Å². The van der Waals surface area contributed by atoms with Crippen LogP contribution < -0.4 is 9.80 Å². The Labute approximate surface area is 384 Å². The van der Waals surface area contributed by atoms with Gasteiger partial charge in [0, 0.05) is 44.8 Å². The number of allylic oxidation sites excluding steroid dienone is 2. The van der Waals surface area contributed by atoms with E-state index in [0.717, 1.165) is 53.4 Å². The lowest BCUT2D eigenvalue weighted by Crippen LogP contribution is -2.29. The van der Waals surface area contributed by atoms with Crippen LogP contribution >= 0.6 is 0 Å². The number of para-hydroxylation sites is 3. The molecule has 0 spiro atoms. The van der Waals surface area contributed by atoms with E-state index < -0.39 is 0 Å². The van der Waals surface area contributed by atoms with Gasteiger partial charge in [-0.3, -0.25) is 0 Å². The number of anilines is 6. The summed E-state index contributed by atoms with van der Waals surface area (Å²) in [6.45, 7) is 4.76. The van der Waals surface area contributed by atoms with Crippen LogP contribution in [-0.4, -0.2) is 0 Å². The van der Waals surface area contributed by atoms with Crippen LogP contribution in [0.1, 0.15) is 55.4 Å². The van der Waals surface area contributed by atoms with Gasteiger partial charge in [0.2, 0.25) is 0 Å². The SMILES string of the molecule is CC1(C)c2cc(N(c3ccccc3)c3ccc(C4(c5ccc(N(c6ccccc6)c6ccccc6-c6ccccc6)cc5)CC=CCC4)cc3)ccc2-c2c(-c3ccccc3)cccc21. The first-order valence-electron chi connectivity index (χ1n) is 23.0. The van der Waals surface area contributed by atoms with Crippen LogP contribution in [0.5, 0.6) is 0 Å². The van der Waals surface area contributed by atoms with E-state index in [0.29, 0.717) is 0 Å². The summed E-state index contributed by atoms with van der Waals surface area (Å²) in [7, 11) is 0. The van der Waals surface area contributed by atoms with Gasteiger partial charge in [0.25, 0.3) is 0 Å². The van der Waals surface area contributed by atoms with Gasteiger partial charge in [0.15, 0.2) is 0 Å². The zero-order chi connectivity index (χ0) is 43.8. The van der Waals surface area contributed by atoms with Gasteiger partial charge in [0.05, 0.1) is 5.69 Å². The summed E-state index contributed by atoms with van der Waals surface area (Å²) >= 11 is 0. The Morgan fingerprint density at radius 1 is 0.369 bits per heavy atom. The molecule has 0 aliphatic heterocycles. The maximum Gasteiger partial charge on any atom is 0.0540 e. The average molecular weight is 837 g/mol. The molecular weight excluding hydrogens is 785 g/mol. The highest BCUT2D eigenvalue weighted by atomic mass is 15.1.